The number of hydrogen-bond donors (Lipinski definition) is 2. The second-order valence-electron chi connectivity index (χ2n) is 5.49. The summed E-state index contributed by atoms with van der Waals surface area (Å²) in [6.45, 7) is 8.83. The van der Waals surface area contributed by atoms with E-state index in [1.165, 1.54) is 0 Å². The molecule has 0 unspecified atom stereocenters. The molecule has 0 radical (unpaired) electrons. The normalized spacial score (nSPS) is 10.8. The van der Waals surface area contributed by atoms with Crippen LogP contribution in [-0.2, 0) is 14.4 Å². The molecule has 0 aliphatic heterocycles. The predicted octanol–water partition coefficient (Wildman–Crippen LogP) is 2.61. The van der Waals surface area contributed by atoms with E-state index in [0.29, 0.717) is 38.8 Å². The van der Waals surface area contributed by atoms with Crippen molar-refractivity contribution in [1.82, 2.24) is 5.48 Å². The Morgan fingerprint density at radius 2 is 2.04 bits per heavy atom. The van der Waals surface area contributed by atoms with Crippen LogP contribution in [0.5, 0.6) is 5.75 Å². The molecule has 6 heteroatoms. The van der Waals surface area contributed by atoms with Crippen molar-refractivity contribution in [2.75, 3.05) is 38.3 Å². The van der Waals surface area contributed by atoms with Crippen molar-refractivity contribution < 1.29 is 19.1 Å². The summed E-state index contributed by atoms with van der Waals surface area (Å²) in [5.41, 5.74) is 3.46. The first-order valence-corrected chi connectivity index (χ1v) is 8.07. The lowest BCUT2D eigenvalue weighted by Crippen LogP contribution is -2.19. The van der Waals surface area contributed by atoms with E-state index in [1.807, 2.05) is 31.2 Å². The van der Waals surface area contributed by atoms with Crippen LogP contribution in [0.1, 0.15) is 27.2 Å². The number of nitrogens with one attached hydrogen (secondary N) is 2. The van der Waals surface area contributed by atoms with Gasteiger partial charge in [0, 0.05) is 18.3 Å². The zero-order valence-electron chi connectivity index (χ0n) is 14.3. The Kier molecular flexibility index (Phi) is 10.0. The highest BCUT2D eigenvalue weighted by Gasteiger charge is 2.04. The molecule has 1 rings (SSSR count). The number of ether oxygens (including phenoxy) is 2. The number of benzene rings is 1. The largest absolute Gasteiger partial charge is 0.493 e. The van der Waals surface area contributed by atoms with E-state index in [9.17, 15) is 4.79 Å². The zero-order chi connectivity index (χ0) is 16.9. The molecular formula is C17H28N2O4. The van der Waals surface area contributed by atoms with Crippen molar-refractivity contribution in [3.8, 4) is 5.75 Å². The summed E-state index contributed by atoms with van der Waals surface area (Å²) in [5, 5.41) is 2.84. The smallest absolute Gasteiger partial charge is 0.226 e. The van der Waals surface area contributed by atoms with Gasteiger partial charge in [-0.05, 0) is 18.1 Å². The summed E-state index contributed by atoms with van der Waals surface area (Å²) >= 11 is 0. The van der Waals surface area contributed by atoms with E-state index >= 15 is 0 Å². The van der Waals surface area contributed by atoms with Gasteiger partial charge in [-0.1, -0.05) is 26.8 Å². The number of hydrogen-bond acceptors (Lipinski definition) is 5. The van der Waals surface area contributed by atoms with Gasteiger partial charge in [-0.15, -0.1) is 0 Å². The summed E-state index contributed by atoms with van der Waals surface area (Å²) in [6.07, 6.45) is 0.304. The molecule has 0 aromatic heterocycles. The van der Waals surface area contributed by atoms with Crippen LogP contribution in [0.25, 0.3) is 0 Å². The standard InChI is InChI=1S/C17H28N2O4/c1-4-18-23-11-10-21-9-8-17(20)19-15-6-5-7-16(12-15)22-13-14(2)3/h5-7,12,14,18H,4,8-11,13H2,1-3H3,(H,19,20). The van der Waals surface area contributed by atoms with Gasteiger partial charge in [0.05, 0.1) is 32.8 Å². The maximum atomic E-state index is 11.8. The Labute approximate surface area is 138 Å². The third kappa shape index (κ3) is 9.89. The number of carbonyl (C=O) groups is 1. The van der Waals surface area contributed by atoms with Crippen molar-refractivity contribution in [1.29, 1.82) is 0 Å². The van der Waals surface area contributed by atoms with Gasteiger partial charge < -0.3 is 14.8 Å². The van der Waals surface area contributed by atoms with Gasteiger partial charge in [-0.3, -0.25) is 9.63 Å². The van der Waals surface area contributed by atoms with E-state index in [4.69, 9.17) is 14.3 Å². The van der Waals surface area contributed by atoms with Crippen LogP contribution in [0.4, 0.5) is 5.69 Å². The van der Waals surface area contributed by atoms with Gasteiger partial charge in [-0.25, -0.2) is 5.48 Å². The first-order valence-electron chi connectivity index (χ1n) is 8.07. The summed E-state index contributed by atoms with van der Waals surface area (Å²) in [5.74, 6) is 1.13. The third-order valence-corrected chi connectivity index (χ3v) is 2.75. The topological polar surface area (TPSA) is 68.8 Å². The van der Waals surface area contributed by atoms with Crippen LogP contribution >= 0.6 is 0 Å². The lowest BCUT2D eigenvalue weighted by Gasteiger charge is -2.11. The van der Waals surface area contributed by atoms with Crippen LogP contribution in [0.3, 0.4) is 0 Å². The lowest BCUT2D eigenvalue weighted by molar-refractivity contribution is -0.117. The molecule has 0 fully saturated rings. The van der Waals surface area contributed by atoms with Crippen LogP contribution < -0.4 is 15.5 Å². The molecule has 130 valence electrons. The molecule has 0 heterocycles. The van der Waals surface area contributed by atoms with Gasteiger partial charge in [0.2, 0.25) is 5.91 Å². The molecule has 6 nitrogen and oxygen atoms in total. The van der Waals surface area contributed by atoms with Gasteiger partial charge >= 0.3 is 0 Å². The minimum absolute atomic E-state index is 0.0846. The van der Waals surface area contributed by atoms with E-state index in [1.54, 1.807) is 0 Å². The molecule has 0 aliphatic rings. The fourth-order valence-corrected chi connectivity index (χ4v) is 1.69. The molecule has 2 N–H and O–H groups in total. The van der Waals surface area contributed by atoms with Gasteiger partial charge in [0.1, 0.15) is 5.75 Å². The van der Waals surface area contributed by atoms with Crippen molar-refractivity contribution in [3.05, 3.63) is 24.3 Å². The maximum Gasteiger partial charge on any atom is 0.226 e. The SMILES string of the molecule is CCNOCCOCCC(=O)Nc1cccc(OCC(C)C)c1. The fourth-order valence-electron chi connectivity index (χ4n) is 1.69. The molecule has 0 aliphatic carbocycles. The number of hydroxylamine groups is 1. The van der Waals surface area contributed by atoms with Crippen molar-refractivity contribution in [2.45, 2.75) is 27.2 Å². The summed E-state index contributed by atoms with van der Waals surface area (Å²) in [6, 6.07) is 7.40. The maximum absolute atomic E-state index is 11.8. The Hall–Kier alpha value is -1.63. The van der Waals surface area contributed by atoms with Crippen LogP contribution in [0, 0.1) is 5.92 Å². The zero-order valence-corrected chi connectivity index (χ0v) is 14.3. The molecule has 0 spiro atoms. The highest BCUT2D eigenvalue weighted by molar-refractivity contribution is 5.90. The van der Waals surface area contributed by atoms with E-state index in [2.05, 4.69) is 24.6 Å². The summed E-state index contributed by atoms with van der Waals surface area (Å²) in [4.78, 5) is 16.9. The van der Waals surface area contributed by atoms with Crippen LogP contribution in [-0.4, -0.2) is 38.9 Å². The van der Waals surface area contributed by atoms with Gasteiger partial charge in [0.15, 0.2) is 0 Å². The molecule has 1 aromatic carbocycles. The molecule has 0 atom stereocenters. The molecule has 0 saturated carbocycles. The molecule has 23 heavy (non-hydrogen) atoms. The average molecular weight is 324 g/mol. The number of rotatable bonds is 12. The fraction of sp³-hybridized carbons (Fsp3) is 0.588. The highest BCUT2D eigenvalue weighted by Crippen LogP contribution is 2.18. The molecule has 0 saturated heterocycles. The van der Waals surface area contributed by atoms with Gasteiger partial charge in [0.25, 0.3) is 0 Å². The Bertz CT molecular complexity index is 452. The predicted molar refractivity (Wildman–Crippen MR) is 90.5 cm³/mol. The number of amides is 1. The first kappa shape index (κ1) is 19.4. The van der Waals surface area contributed by atoms with Crippen molar-refractivity contribution in [2.24, 2.45) is 5.92 Å². The quantitative estimate of drug-likeness (QED) is 0.457. The first-order chi connectivity index (χ1) is 11.1. The van der Waals surface area contributed by atoms with Crippen LogP contribution in [0.15, 0.2) is 24.3 Å². The molecule has 1 aromatic rings. The van der Waals surface area contributed by atoms with Crippen molar-refractivity contribution in [3.63, 3.8) is 0 Å². The van der Waals surface area contributed by atoms with E-state index in [0.717, 1.165) is 18.0 Å². The molecular weight excluding hydrogens is 296 g/mol. The van der Waals surface area contributed by atoms with E-state index in [-0.39, 0.29) is 5.91 Å². The summed E-state index contributed by atoms with van der Waals surface area (Å²) in [7, 11) is 0. The Balaban J connectivity index is 2.22. The minimum Gasteiger partial charge on any atom is -0.493 e. The third-order valence-electron chi connectivity index (χ3n) is 2.75. The van der Waals surface area contributed by atoms with Crippen molar-refractivity contribution >= 4 is 11.6 Å². The number of anilines is 1. The molecule has 0 bridgehead atoms. The summed E-state index contributed by atoms with van der Waals surface area (Å²) < 4.78 is 11.0. The second-order valence-corrected chi connectivity index (χ2v) is 5.49. The van der Waals surface area contributed by atoms with Crippen LogP contribution in [0.2, 0.25) is 0 Å². The monoisotopic (exact) mass is 324 g/mol. The average Bonchev–Trinajstić information content (AvgIpc) is 2.52. The lowest BCUT2D eigenvalue weighted by atomic mass is 10.2. The molecule has 1 amide bonds. The Morgan fingerprint density at radius 3 is 2.78 bits per heavy atom. The highest BCUT2D eigenvalue weighted by atomic mass is 16.7. The van der Waals surface area contributed by atoms with E-state index < -0.39 is 0 Å². The Morgan fingerprint density at radius 1 is 1.22 bits per heavy atom. The second kappa shape index (κ2) is 11.9. The minimum atomic E-state index is -0.0846. The number of carbonyl (C=O) groups excluding carboxylic acids is 1. The van der Waals surface area contributed by atoms with Gasteiger partial charge in [-0.2, -0.15) is 0 Å².